The smallest absolute Gasteiger partial charge is 0.234 e. The lowest BCUT2D eigenvalue weighted by atomic mass is 9.84. The van der Waals surface area contributed by atoms with E-state index in [1.165, 1.54) is 0 Å². The quantitative estimate of drug-likeness (QED) is 0.693. The second kappa shape index (κ2) is 3.22. The summed E-state index contributed by atoms with van der Waals surface area (Å²) >= 11 is 0. The van der Waals surface area contributed by atoms with Crippen molar-refractivity contribution in [3.63, 3.8) is 0 Å². The van der Waals surface area contributed by atoms with Gasteiger partial charge in [-0.1, -0.05) is 12.1 Å². The molecule has 2 unspecified atom stereocenters. The van der Waals surface area contributed by atoms with Gasteiger partial charge >= 0.3 is 0 Å². The zero-order chi connectivity index (χ0) is 11.2. The summed E-state index contributed by atoms with van der Waals surface area (Å²) in [6, 6.07) is 7.80. The molecule has 2 aliphatic rings. The Balaban J connectivity index is 2.06. The first-order chi connectivity index (χ1) is 7.70. The van der Waals surface area contributed by atoms with Crippen LogP contribution in [0.15, 0.2) is 24.3 Å². The standard InChI is InChI=1S/C12H14N2O2/c1-12-7-16-6-10(12)13-8-4-2-3-5-9(8)14-11(12)15/h2-5,10,13H,6-7H2,1H3,(H,14,15). The van der Waals surface area contributed by atoms with E-state index in [9.17, 15) is 4.79 Å². The van der Waals surface area contributed by atoms with Crippen molar-refractivity contribution in [3.05, 3.63) is 24.3 Å². The molecule has 4 heteroatoms. The van der Waals surface area contributed by atoms with Gasteiger partial charge in [-0.3, -0.25) is 4.79 Å². The maximum Gasteiger partial charge on any atom is 0.234 e. The van der Waals surface area contributed by atoms with Crippen molar-refractivity contribution >= 4 is 17.3 Å². The Labute approximate surface area is 94.0 Å². The molecule has 2 atom stereocenters. The molecule has 1 aromatic rings. The second-order valence-electron chi connectivity index (χ2n) is 4.63. The normalized spacial score (nSPS) is 32.1. The predicted molar refractivity (Wildman–Crippen MR) is 61.4 cm³/mol. The average molecular weight is 218 g/mol. The number of hydrogen-bond acceptors (Lipinski definition) is 3. The summed E-state index contributed by atoms with van der Waals surface area (Å²) in [5, 5.41) is 6.34. The molecule has 2 heterocycles. The van der Waals surface area contributed by atoms with Crippen LogP contribution < -0.4 is 10.6 Å². The molecule has 1 amide bonds. The van der Waals surface area contributed by atoms with E-state index < -0.39 is 5.41 Å². The lowest BCUT2D eigenvalue weighted by Gasteiger charge is -2.25. The molecule has 4 nitrogen and oxygen atoms in total. The van der Waals surface area contributed by atoms with Gasteiger partial charge in [0.25, 0.3) is 0 Å². The van der Waals surface area contributed by atoms with Crippen molar-refractivity contribution in [1.82, 2.24) is 0 Å². The van der Waals surface area contributed by atoms with Crippen molar-refractivity contribution in [1.29, 1.82) is 0 Å². The number of ether oxygens (including phenoxy) is 1. The molecule has 84 valence electrons. The molecule has 1 fully saturated rings. The minimum Gasteiger partial charge on any atom is -0.378 e. The monoisotopic (exact) mass is 218 g/mol. The van der Waals surface area contributed by atoms with E-state index in [0.29, 0.717) is 13.2 Å². The lowest BCUT2D eigenvalue weighted by Crippen LogP contribution is -2.44. The van der Waals surface area contributed by atoms with Crippen LogP contribution in [0.1, 0.15) is 6.92 Å². The number of benzene rings is 1. The number of rotatable bonds is 0. The number of fused-ring (bicyclic) bond motifs is 2. The van der Waals surface area contributed by atoms with E-state index in [4.69, 9.17) is 4.74 Å². The third-order valence-corrected chi connectivity index (χ3v) is 3.48. The number of nitrogens with one attached hydrogen (secondary N) is 2. The summed E-state index contributed by atoms with van der Waals surface area (Å²) in [7, 11) is 0. The fraction of sp³-hybridized carbons (Fsp3) is 0.417. The van der Waals surface area contributed by atoms with Crippen LogP contribution >= 0.6 is 0 Å². The molecule has 3 rings (SSSR count). The zero-order valence-corrected chi connectivity index (χ0v) is 9.12. The molecule has 2 aliphatic heterocycles. The molecule has 0 radical (unpaired) electrons. The highest BCUT2D eigenvalue weighted by Crippen LogP contribution is 2.37. The number of carbonyl (C=O) groups excluding carboxylic acids is 1. The molecule has 2 N–H and O–H groups in total. The maximum absolute atomic E-state index is 12.1. The van der Waals surface area contributed by atoms with E-state index in [-0.39, 0.29) is 11.9 Å². The molecule has 16 heavy (non-hydrogen) atoms. The van der Waals surface area contributed by atoms with E-state index in [0.717, 1.165) is 11.4 Å². The first-order valence-corrected chi connectivity index (χ1v) is 5.45. The van der Waals surface area contributed by atoms with E-state index in [1.807, 2.05) is 31.2 Å². The van der Waals surface area contributed by atoms with E-state index >= 15 is 0 Å². The first kappa shape index (κ1) is 9.66. The largest absolute Gasteiger partial charge is 0.378 e. The number of para-hydroxylation sites is 2. The molecule has 0 saturated carbocycles. The van der Waals surface area contributed by atoms with Crippen LogP contribution in [-0.2, 0) is 9.53 Å². The molecule has 0 spiro atoms. The van der Waals surface area contributed by atoms with Gasteiger partial charge in [0.15, 0.2) is 0 Å². The molecular formula is C12H14N2O2. The number of carbonyl (C=O) groups is 1. The predicted octanol–water partition coefficient (Wildman–Crippen LogP) is 1.46. The number of amides is 1. The van der Waals surface area contributed by atoms with Crippen molar-refractivity contribution in [3.8, 4) is 0 Å². The van der Waals surface area contributed by atoms with E-state index in [2.05, 4.69) is 10.6 Å². The van der Waals surface area contributed by atoms with Gasteiger partial charge in [0, 0.05) is 0 Å². The molecule has 0 aromatic heterocycles. The Bertz CT molecular complexity index is 446. The summed E-state index contributed by atoms with van der Waals surface area (Å²) in [5.74, 6) is 0.0347. The van der Waals surface area contributed by atoms with Gasteiger partial charge in [-0.2, -0.15) is 0 Å². The van der Waals surface area contributed by atoms with Gasteiger partial charge in [-0.15, -0.1) is 0 Å². The van der Waals surface area contributed by atoms with Crippen molar-refractivity contribution in [2.75, 3.05) is 23.8 Å². The topological polar surface area (TPSA) is 50.4 Å². The Kier molecular flexibility index (Phi) is 1.94. The average Bonchev–Trinajstić information content (AvgIpc) is 2.60. The maximum atomic E-state index is 12.1. The minimum absolute atomic E-state index is 0.0347. The minimum atomic E-state index is -0.473. The van der Waals surface area contributed by atoms with Gasteiger partial charge in [0.2, 0.25) is 5.91 Å². The Morgan fingerprint density at radius 2 is 2.12 bits per heavy atom. The van der Waals surface area contributed by atoms with Crippen LogP contribution in [0.2, 0.25) is 0 Å². The van der Waals surface area contributed by atoms with Gasteiger partial charge in [0.05, 0.1) is 36.0 Å². The first-order valence-electron chi connectivity index (χ1n) is 5.45. The molecular weight excluding hydrogens is 204 g/mol. The highest BCUT2D eigenvalue weighted by molar-refractivity contribution is 6.00. The number of anilines is 2. The Morgan fingerprint density at radius 1 is 1.38 bits per heavy atom. The van der Waals surface area contributed by atoms with Gasteiger partial charge < -0.3 is 15.4 Å². The van der Waals surface area contributed by atoms with Crippen molar-refractivity contribution in [2.45, 2.75) is 13.0 Å². The third-order valence-electron chi connectivity index (χ3n) is 3.48. The van der Waals surface area contributed by atoms with E-state index in [1.54, 1.807) is 0 Å². The zero-order valence-electron chi connectivity index (χ0n) is 9.12. The summed E-state index contributed by atoms with van der Waals surface area (Å²) < 4.78 is 5.41. The van der Waals surface area contributed by atoms with Crippen LogP contribution in [0.5, 0.6) is 0 Å². The van der Waals surface area contributed by atoms with Crippen LogP contribution in [0.3, 0.4) is 0 Å². The lowest BCUT2D eigenvalue weighted by molar-refractivity contribution is -0.124. The van der Waals surface area contributed by atoms with Crippen LogP contribution in [0, 0.1) is 5.41 Å². The molecule has 0 bridgehead atoms. The Hall–Kier alpha value is -1.55. The molecule has 1 saturated heterocycles. The second-order valence-corrected chi connectivity index (χ2v) is 4.63. The fourth-order valence-corrected chi connectivity index (χ4v) is 2.27. The third kappa shape index (κ3) is 1.23. The Morgan fingerprint density at radius 3 is 2.94 bits per heavy atom. The van der Waals surface area contributed by atoms with Crippen molar-refractivity contribution < 1.29 is 9.53 Å². The summed E-state index contributed by atoms with van der Waals surface area (Å²) in [4.78, 5) is 12.1. The highest BCUT2D eigenvalue weighted by atomic mass is 16.5. The van der Waals surface area contributed by atoms with Crippen LogP contribution in [0.25, 0.3) is 0 Å². The van der Waals surface area contributed by atoms with Gasteiger partial charge in [0.1, 0.15) is 0 Å². The van der Waals surface area contributed by atoms with Crippen molar-refractivity contribution in [2.24, 2.45) is 5.41 Å². The highest BCUT2D eigenvalue weighted by Gasteiger charge is 2.48. The van der Waals surface area contributed by atoms with Gasteiger partial charge in [-0.05, 0) is 19.1 Å². The summed E-state index contributed by atoms with van der Waals surface area (Å²) in [6.45, 7) is 3.00. The molecule has 1 aromatic carbocycles. The summed E-state index contributed by atoms with van der Waals surface area (Å²) in [5.41, 5.74) is 1.34. The van der Waals surface area contributed by atoms with Crippen LogP contribution in [-0.4, -0.2) is 25.2 Å². The summed E-state index contributed by atoms with van der Waals surface area (Å²) in [6.07, 6.45) is 0. The SMILES string of the molecule is CC12COCC1Nc1ccccc1NC2=O. The van der Waals surface area contributed by atoms with Crippen LogP contribution in [0.4, 0.5) is 11.4 Å². The molecule has 0 aliphatic carbocycles. The fourth-order valence-electron chi connectivity index (χ4n) is 2.27. The van der Waals surface area contributed by atoms with Gasteiger partial charge in [-0.25, -0.2) is 0 Å². The number of hydrogen-bond donors (Lipinski definition) is 2.